The number of hydrogen-bond donors (Lipinski definition) is 1. The molecule has 0 aliphatic carbocycles. The minimum atomic E-state index is -0.197. The van der Waals surface area contributed by atoms with E-state index in [9.17, 15) is 4.39 Å². The molecule has 0 radical (unpaired) electrons. The summed E-state index contributed by atoms with van der Waals surface area (Å²) in [6.45, 7) is 1.95. The second-order valence-electron chi connectivity index (χ2n) is 3.43. The van der Waals surface area contributed by atoms with E-state index in [2.05, 4.69) is 21.2 Å². The van der Waals surface area contributed by atoms with Gasteiger partial charge in [-0.15, -0.1) is 0 Å². The van der Waals surface area contributed by atoms with Gasteiger partial charge in [-0.25, -0.2) is 4.39 Å². The molecule has 1 heterocycles. The fraction of sp³-hybridized carbons (Fsp3) is 0.273. The number of benzene rings is 1. The van der Waals surface area contributed by atoms with Crippen molar-refractivity contribution in [2.75, 3.05) is 13.1 Å². The molecule has 1 fully saturated rings. The Bertz CT molecular complexity index is 345. The molecule has 74 valence electrons. The van der Waals surface area contributed by atoms with Crippen LogP contribution in [0.3, 0.4) is 0 Å². The fourth-order valence-electron chi connectivity index (χ4n) is 1.60. The molecular weight excluding hydrogens is 245 g/mol. The highest BCUT2D eigenvalue weighted by molar-refractivity contribution is 9.10. The molecular formula is C11H11BrFN. The van der Waals surface area contributed by atoms with Crippen LogP contribution in [0.25, 0.3) is 6.08 Å². The Kier molecular flexibility index (Phi) is 2.99. The standard InChI is InChI=1S/C11H11BrFN/c12-10-4-9(5-11(13)6-10)3-8-1-2-14-7-8/h3-6,14H,1-2,7H2/b8-3-. The predicted molar refractivity (Wildman–Crippen MR) is 59.6 cm³/mol. The van der Waals surface area contributed by atoms with Crippen LogP contribution in [0.2, 0.25) is 0 Å². The van der Waals surface area contributed by atoms with E-state index in [1.165, 1.54) is 11.6 Å². The molecule has 14 heavy (non-hydrogen) atoms. The third kappa shape index (κ3) is 2.42. The lowest BCUT2D eigenvalue weighted by Gasteiger charge is -1.98. The van der Waals surface area contributed by atoms with Gasteiger partial charge in [0.1, 0.15) is 5.82 Å². The highest BCUT2D eigenvalue weighted by atomic mass is 79.9. The molecule has 2 rings (SSSR count). The van der Waals surface area contributed by atoms with Crippen LogP contribution in [0.4, 0.5) is 4.39 Å². The average Bonchev–Trinajstić information content (AvgIpc) is 2.54. The molecule has 0 atom stereocenters. The number of nitrogens with one attached hydrogen (secondary N) is 1. The molecule has 1 aromatic carbocycles. The van der Waals surface area contributed by atoms with Gasteiger partial charge in [0, 0.05) is 11.0 Å². The Morgan fingerprint density at radius 2 is 2.21 bits per heavy atom. The summed E-state index contributed by atoms with van der Waals surface area (Å²) in [5.41, 5.74) is 2.26. The maximum absolute atomic E-state index is 13.0. The van der Waals surface area contributed by atoms with Crippen molar-refractivity contribution < 1.29 is 4.39 Å². The highest BCUT2D eigenvalue weighted by Gasteiger charge is 2.05. The molecule has 0 aromatic heterocycles. The molecule has 3 heteroatoms. The zero-order valence-electron chi connectivity index (χ0n) is 7.69. The maximum Gasteiger partial charge on any atom is 0.124 e. The van der Waals surface area contributed by atoms with Crippen molar-refractivity contribution in [1.82, 2.24) is 5.32 Å². The van der Waals surface area contributed by atoms with E-state index in [1.54, 1.807) is 6.07 Å². The summed E-state index contributed by atoms with van der Waals surface area (Å²) in [5, 5.41) is 3.25. The minimum absolute atomic E-state index is 0.197. The van der Waals surface area contributed by atoms with Crippen LogP contribution in [0.5, 0.6) is 0 Å². The van der Waals surface area contributed by atoms with E-state index >= 15 is 0 Å². The summed E-state index contributed by atoms with van der Waals surface area (Å²) >= 11 is 3.28. The van der Waals surface area contributed by atoms with E-state index < -0.39 is 0 Å². The van der Waals surface area contributed by atoms with Gasteiger partial charge in [-0.2, -0.15) is 0 Å². The Balaban J connectivity index is 2.27. The van der Waals surface area contributed by atoms with Crippen molar-refractivity contribution in [1.29, 1.82) is 0 Å². The normalized spacial score (nSPS) is 19.1. The van der Waals surface area contributed by atoms with Gasteiger partial charge in [-0.05, 0) is 36.7 Å². The second-order valence-corrected chi connectivity index (χ2v) is 4.35. The first kappa shape index (κ1) is 9.87. The van der Waals surface area contributed by atoms with Crippen LogP contribution in [-0.4, -0.2) is 13.1 Å². The lowest BCUT2D eigenvalue weighted by atomic mass is 10.1. The largest absolute Gasteiger partial charge is 0.313 e. The molecule has 1 aromatic rings. The van der Waals surface area contributed by atoms with Crippen LogP contribution in [0, 0.1) is 5.82 Å². The predicted octanol–water partition coefficient (Wildman–Crippen LogP) is 2.96. The lowest BCUT2D eigenvalue weighted by molar-refractivity contribution is 0.626. The van der Waals surface area contributed by atoms with Gasteiger partial charge >= 0.3 is 0 Å². The van der Waals surface area contributed by atoms with E-state index in [-0.39, 0.29) is 5.82 Å². The summed E-state index contributed by atoms with van der Waals surface area (Å²) < 4.78 is 13.8. The van der Waals surface area contributed by atoms with Crippen molar-refractivity contribution >= 4 is 22.0 Å². The summed E-state index contributed by atoms with van der Waals surface area (Å²) in [7, 11) is 0. The molecule has 0 spiro atoms. The number of rotatable bonds is 1. The second kappa shape index (κ2) is 4.24. The van der Waals surface area contributed by atoms with Gasteiger partial charge in [-0.1, -0.05) is 27.6 Å². The van der Waals surface area contributed by atoms with Crippen LogP contribution in [0.1, 0.15) is 12.0 Å². The van der Waals surface area contributed by atoms with E-state index in [1.807, 2.05) is 12.1 Å². The van der Waals surface area contributed by atoms with Crippen molar-refractivity contribution in [2.45, 2.75) is 6.42 Å². The third-order valence-electron chi connectivity index (χ3n) is 2.23. The summed E-state index contributed by atoms with van der Waals surface area (Å²) in [6.07, 6.45) is 3.11. The zero-order chi connectivity index (χ0) is 9.97. The van der Waals surface area contributed by atoms with Crippen LogP contribution in [-0.2, 0) is 0 Å². The van der Waals surface area contributed by atoms with E-state index in [0.717, 1.165) is 29.5 Å². The maximum atomic E-state index is 13.0. The summed E-state index contributed by atoms with van der Waals surface area (Å²) in [4.78, 5) is 0. The van der Waals surface area contributed by atoms with Gasteiger partial charge in [0.25, 0.3) is 0 Å². The Labute approximate surface area is 91.1 Å². The SMILES string of the molecule is Fc1cc(Br)cc(/C=C2/CCNC2)c1. The first-order valence-electron chi connectivity index (χ1n) is 4.60. The van der Waals surface area contributed by atoms with Crippen molar-refractivity contribution in [3.8, 4) is 0 Å². The Morgan fingerprint density at radius 1 is 1.36 bits per heavy atom. The molecule has 1 aliphatic heterocycles. The number of hydrogen-bond acceptors (Lipinski definition) is 1. The Hall–Kier alpha value is -0.670. The molecule has 1 aliphatic rings. The first-order chi connectivity index (χ1) is 6.74. The first-order valence-corrected chi connectivity index (χ1v) is 5.39. The van der Waals surface area contributed by atoms with Gasteiger partial charge < -0.3 is 5.32 Å². The van der Waals surface area contributed by atoms with Gasteiger partial charge in [0.05, 0.1) is 0 Å². The minimum Gasteiger partial charge on any atom is -0.313 e. The van der Waals surface area contributed by atoms with E-state index in [0.29, 0.717) is 0 Å². The van der Waals surface area contributed by atoms with Crippen molar-refractivity contribution in [3.63, 3.8) is 0 Å². The summed E-state index contributed by atoms with van der Waals surface area (Å²) in [6, 6.07) is 4.94. The topological polar surface area (TPSA) is 12.0 Å². The fourth-order valence-corrected chi connectivity index (χ4v) is 2.09. The van der Waals surface area contributed by atoms with Crippen LogP contribution in [0.15, 0.2) is 28.2 Å². The average molecular weight is 256 g/mol. The van der Waals surface area contributed by atoms with Crippen molar-refractivity contribution in [3.05, 3.63) is 39.6 Å². The smallest absolute Gasteiger partial charge is 0.124 e. The Morgan fingerprint density at radius 3 is 2.86 bits per heavy atom. The van der Waals surface area contributed by atoms with Crippen LogP contribution < -0.4 is 5.32 Å². The monoisotopic (exact) mass is 255 g/mol. The zero-order valence-corrected chi connectivity index (χ0v) is 9.27. The molecule has 0 bridgehead atoms. The molecule has 1 saturated heterocycles. The quantitative estimate of drug-likeness (QED) is 0.814. The van der Waals surface area contributed by atoms with Crippen LogP contribution >= 0.6 is 15.9 Å². The molecule has 1 N–H and O–H groups in total. The van der Waals surface area contributed by atoms with E-state index in [4.69, 9.17) is 0 Å². The molecule has 1 nitrogen and oxygen atoms in total. The van der Waals surface area contributed by atoms with Gasteiger partial charge in [-0.3, -0.25) is 0 Å². The highest BCUT2D eigenvalue weighted by Crippen LogP contribution is 2.18. The molecule has 0 amide bonds. The molecule has 0 saturated carbocycles. The number of halogens is 2. The molecule has 0 unspecified atom stereocenters. The third-order valence-corrected chi connectivity index (χ3v) is 2.69. The van der Waals surface area contributed by atoms with Gasteiger partial charge in [0.15, 0.2) is 0 Å². The lowest BCUT2D eigenvalue weighted by Crippen LogP contribution is -2.04. The van der Waals surface area contributed by atoms with Gasteiger partial charge in [0.2, 0.25) is 0 Å². The van der Waals surface area contributed by atoms with Crippen molar-refractivity contribution in [2.24, 2.45) is 0 Å². The summed E-state index contributed by atoms with van der Waals surface area (Å²) in [5.74, 6) is -0.197.